The van der Waals surface area contributed by atoms with Gasteiger partial charge >= 0.3 is 0 Å². The second kappa shape index (κ2) is 5.60. The molecule has 0 spiro atoms. The molecule has 1 fully saturated rings. The predicted octanol–water partition coefficient (Wildman–Crippen LogP) is 1.42. The Kier molecular flexibility index (Phi) is 4.12. The van der Waals surface area contributed by atoms with Crippen molar-refractivity contribution < 1.29 is 0 Å². The Morgan fingerprint density at radius 2 is 2.18 bits per heavy atom. The normalized spacial score (nSPS) is 19.1. The second-order valence-corrected chi connectivity index (χ2v) is 5.24. The van der Waals surface area contributed by atoms with Gasteiger partial charge in [0.15, 0.2) is 0 Å². The van der Waals surface area contributed by atoms with Crippen LogP contribution in [0.2, 0.25) is 0 Å². The van der Waals surface area contributed by atoms with Crippen LogP contribution >= 0.6 is 0 Å². The van der Waals surface area contributed by atoms with E-state index in [1.54, 1.807) is 6.33 Å². The maximum atomic E-state index is 5.69. The lowest BCUT2D eigenvalue weighted by Crippen LogP contribution is -2.42. The molecule has 5 heteroatoms. The van der Waals surface area contributed by atoms with Gasteiger partial charge in [-0.3, -0.25) is 11.3 Å². The minimum atomic E-state index is 0.333. The number of hydrazine groups is 1. The van der Waals surface area contributed by atoms with E-state index in [0.717, 1.165) is 12.2 Å². The number of rotatable bonds is 5. The molecular weight excluding hydrogens is 214 g/mol. The zero-order valence-corrected chi connectivity index (χ0v) is 10.8. The summed E-state index contributed by atoms with van der Waals surface area (Å²) in [5, 5.41) is 4.27. The Balaban J connectivity index is 2.04. The third-order valence-corrected chi connectivity index (χ3v) is 3.72. The van der Waals surface area contributed by atoms with Gasteiger partial charge in [-0.25, -0.2) is 9.67 Å². The molecule has 17 heavy (non-hydrogen) atoms. The third-order valence-electron chi connectivity index (χ3n) is 3.72. The van der Waals surface area contributed by atoms with E-state index in [-0.39, 0.29) is 0 Å². The summed E-state index contributed by atoms with van der Waals surface area (Å²) in [6.45, 7) is 4.25. The van der Waals surface area contributed by atoms with E-state index >= 15 is 0 Å². The standard InChI is InChI=1S/C12H23N5/c1-9(2)17-12(14-8-15-17)7-11(16-13)10-5-3-4-6-10/h8-11,16H,3-7,13H2,1-2H3. The molecule has 1 heterocycles. The molecule has 1 unspecified atom stereocenters. The highest BCUT2D eigenvalue weighted by molar-refractivity contribution is 4.93. The Labute approximate surface area is 103 Å². The summed E-state index contributed by atoms with van der Waals surface area (Å²) >= 11 is 0. The zero-order chi connectivity index (χ0) is 12.3. The summed E-state index contributed by atoms with van der Waals surface area (Å²) in [4.78, 5) is 4.35. The summed E-state index contributed by atoms with van der Waals surface area (Å²) in [5.74, 6) is 7.42. The first-order valence-electron chi connectivity index (χ1n) is 6.57. The first-order valence-corrected chi connectivity index (χ1v) is 6.57. The zero-order valence-electron chi connectivity index (χ0n) is 10.8. The highest BCUT2D eigenvalue weighted by atomic mass is 15.3. The minimum absolute atomic E-state index is 0.333. The molecule has 1 aliphatic rings. The Morgan fingerprint density at radius 3 is 2.76 bits per heavy atom. The fourth-order valence-corrected chi connectivity index (χ4v) is 2.77. The molecule has 1 aromatic rings. The topological polar surface area (TPSA) is 68.8 Å². The van der Waals surface area contributed by atoms with E-state index in [0.29, 0.717) is 18.0 Å². The van der Waals surface area contributed by atoms with Crippen molar-refractivity contribution in [3.63, 3.8) is 0 Å². The molecule has 2 rings (SSSR count). The van der Waals surface area contributed by atoms with Gasteiger partial charge in [-0.05, 0) is 32.6 Å². The van der Waals surface area contributed by atoms with Gasteiger partial charge in [0.05, 0.1) is 0 Å². The molecule has 0 saturated heterocycles. The van der Waals surface area contributed by atoms with E-state index in [1.165, 1.54) is 25.7 Å². The molecule has 0 radical (unpaired) electrons. The monoisotopic (exact) mass is 237 g/mol. The molecule has 1 atom stereocenters. The molecular formula is C12H23N5. The van der Waals surface area contributed by atoms with Crippen LogP contribution in [0.4, 0.5) is 0 Å². The maximum absolute atomic E-state index is 5.69. The number of nitrogens with one attached hydrogen (secondary N) is 1. The number of aromatic nitrogens is 3. The Morgan fingerprint density at radius 1 is 1.47 bits per heavy atom. The van der Waals surface area contributed by atoms with Gasteiger partial charge in [-0.15, -0.1) is 0 Å². The average molecular weight is 237 g/mol. The molecule has 1 aliphatic carbocycles. The highest BCUT2D eigenvalue weighted by Crippen LogP contribution is 2.28. The molecule has 3 N–H and O–H groups in total. The summed E-state index contributed by atoms with van der Waals surface area (Å²) < 4.78 is 1.99. The van der Waals surface area contributed by atoms with Gasteiger partial charge in [-0.1, -0.05) is 12.8 Å². The minimum Gasteiger partial charge on any atom is -0.271 e. The SMILES string of the molecule is CC(C)n1ncnc1CC(NN)C1CCCC1. The van der Waals surface area contributed by atoms with Crippen LogP contribution in [0.15, 0.2) is 6.33 Å². The fraction of sp³-hybridized carbons (Fsp3) is 0.833. The van der Waals surface area contributed by atoms with Gasteiger partial charge in [0.2, 0.25) is 0 Å². The van der Waals surface area contributed by atoms with Crippen molar-refractivity contribution in [2.75, 3.05) is 0 Å². The molecule has 0 bridgehead atoms. The van der Waals surface area contributed by atoms with Crippen LogP contribution in [0.25, 0.3) is 0 Å². The molecule has 1 aromatic heterocycles. The first-order chi connectivity index (χ1) is 8.22. The van der Waals surface area contributed by atoms with E-state index in [9.17, 15) is 0 Å². The molecule has 1 saturated carbocycles. The summed E-state index contributed by atoms with van der Waals surface area (Å²) in [5.41, 5.74) is 2.97. The molecule has 0 aliphatic heterocycles. The van der Waals surface area contributed by atoms with Gasteiger partial charge in [0.1, 0.15) is 12.2 Å². The lowest BCUT2D eigenvalue weighted by atomic mass is 9.95. The van der Waals surface area contributed by atoms with Gasteiger partial charge in [0.25, 0.3) is 0 Å². The molecule has 0 aromatic carbocycles. The molecule has 0 amide bonds. The molecule has 5 nitrogen and oxygen atoms in total. The Bertz CT molecular complexity index is 340. The van der Waals surface area contributed by atoms with Crippen LogP contribution in [0.3, 0.4) is 0 Å². The highest BCUT2D eigenvalue weighted by Gasteiger charge is 2.25. The van der Waals surface area contributed by atoms with E-state index in [1.807, 2.05) is 4.68 Å². The van der Waals surface area contributed by atoms with Crippen molar-refractivity contribution in [1.29, 1.82) is 0 Å². The van der Waals surface area contributed by atoms with Crippen LogP contribution in [-0.2, 0) is 6.42 Å². The molecule has 96 valence electrons. The van der Waals surface area contributed by atoms with Crippen molar-refractivity contribution in [3.05, 3.63) is 12.2 Å². The van der Waals surface area contributed by atoms with E-state index in [4.69, 9.17) is 5.84 Å². The van der Waals surface area contributed by atoms with Crippen LogP contribution in [-0.4, -0.2) is 20.8 Å². The summed E-state index contributed by atoms with van der Waals surface area (Å²) in [6, 6.07) is 0.689. The van der Waals surface area contributed by atoms with Gasteiger partial charge in [0, 0.05) is 18.5 Å². The second-order valence-electron chi connectivity index (χ2n) is 5.24. The largest absolute Gasteiger partial charge is 0.271 e. The smallest absolute Gasteiger partial charge is 0.138 e. The third kappa shape index (κ3) is 2.84. The first kappa shape index (κ1) is 12.5. The lowest BCUT2D eigenvalue weighted by Gasteiger charge is -2.22. The van der Waals surface area contributed by atoms with Gasteiger partial charge in [-0.2, -0.15) is 5.10 Å². The van der Waals surface area contributed by atoms with Crippen LogP contribution < -0.4 is 11.3 Å². The summed E-state index contributed by atoms with van der Waals surface area (Å²) in [7, 11) is 0. The van der Waals surface area contributed by atoms with Crippen molar-refractivity contribution in [1.82, 2.24) is 20.2 Å². The Hall–Kier alpha value is -0.940. The van der Waals surface area contributed by atoms with Crippen molar-refractivity contribution in [2.45, 2.75) is 58.0 Å². The number of hydrogen-bond acceptors (Lipinski definition) is 4. The number of nitrogens with two attached hydrogens (primary N) is 1. The van der Waals surface area contributed by atoms with Crippen LogP contribution in [0.5, 0.6) is 0 Å². The van der Waals surface area contributed by atoms with Crippen molar-refractivity contribution in [2.24, 2.45) is 11.8 Å². The number of nitrogens with zero attached hydrogens (tertiary/aromatic N) is 3. The van der Waals surface area contributed by atoms with E-state index < -0.39 is 0 Å². The van der Waals surface area contributed by atoms with Crippen LogP contribution in [0.1, 0.15) is 51.4 Å². The predicted molar refractivity (Wildman–Crippen MR) is 67.2 cm³/mol. The quantitative estimate of drug-likeness (QED) is 0.600. The van der Waals surface area contributed by atoms with Crippen molar-refractivity contribution in [3.8, 4) is 0 Å². The lowest BCUT2D eigenvalue weighted by molar-refractivity contribution is 0.347. The van der Waals surface area contributed by atoms with E-state index in [2.05, 4.69) is 29.4 Å². The fourth-order valence-electron chi connectivity index (χ4n) is 2.77. The summed E-state index contributed by atoms with van der Waals surface area (Å²) in [6.07, 6.45) is 7.74. The average Bonchev–Trinajstić information content (AvgIpc) is 2.96. The van der Waals surface area contributed by atoms with Crippen LogP contribution in [0, 0.1) is 5.92 Å². The maximum Gasteiger partial charge on any atom is 0.138 e. The van der Waals surface area contributed by atoms with Gasteiger partial charge < -0.3 is 0 Å². The van der Waals surface area contributed by atoms with Crippen molar-refractivity contribution >= 4 is 0 Å². The number of hydrogen-bond donors (Lipinski definition) is 2.